The standard InChI is InChI=1S/C26H31NO6/c1-15(2)11-13-20(27-25(30)33-26(4,5)6)24(29)31-21-14-12-18-17-9-7-8-10-19(17)23(28)32-22(18)16(21)3/h7-10,12,14-15,20H,11,13H2,1-6H3,(H,27,30)/t20-/m1/s1. The second-order valence-electron chi connectivity index (χ2n) is 9.59. The zero-order valence-electron chi connectivity index (χ0n) is 20.0. The molecule has 1 amide bonds. The van der Waals surface area contributed by atoms with Gasteiger partial charge >= 0.3 is 17.7 Å². The van der Waals surface area contributed by atoms with Crippen molar-refractivity contribution in [1.29, 1.82) is 0 Å². The first-order valence-electron chi connectivity index (χ1n) is 11.1. The highest BCUT2D eigenvalue weighted by molar-refractivity contribution is 6.05. The van der Waals surface area contributed by atoms with Crippen molar-refractivity contribution < 1.29 is 23.5 Å². The smallest absolute Gasteiger partial charge is 0.408 e. The summed E-state index contributed by atoms with van der Waals surface area (Å²) in [7, 11) is 0. The molecule has 1 N–H and O–H groups in total. The Balaban J connectivity index is 1.89. The molecule has 33 heavy (non-hydrogen) atoms. The third-order valence-corrected chi connectivity index (χ3v) is 5.21. The number of alkyl carbamates (subject to hydrolysis) is 1. The fourth-order valence-electron chi connectivity index (χ4n) is 3.55. The van der Waals surface area contributed by atoms with E-state index in [0.29, 0.717) is 35.3 Å². The van der Waals surface area contributed by atoms with Gasteiger partial charge in [-0.15, -0.1) is 0 Å². The number of hydrogen-bond donors (Lipinski definition) is 1. The van der Waals surface area contributed by atoms with Gasteiger partial charge in [0.2, 0.25) is 0 Å². The van der Waals surface area contributed by atoms with E-state index in [1.54, 1.807) is 52.0 Å². The average molecular weight is 454 g/mol. The van der Waals surface area contributed by atoms with E-state index in [1.807, 2.05) is 26.0 Å². The van der Waals surface area contributed by atoms with Gasteiger partial charge in [-0.3, -0.25) is 0 Å². The van der Waals surface area contributed by atoms with E-state index in [0.717, 1.165) is 10.8 Å². The summed E-state index contributed by atoms with van der Waals surface area (Å²) < 4.78 is 16.5. The van der Waals surface area contributed by atoms with Gasteiger partial charge in [-0.05, 0) is 70.0 Å². The van der Waals surface area contributed by atoms with Crippen molar-refractivity contribution in [1.82, 2.24) is 5.32 Å². The number of hydrogen-bond acceptors (Lipinski definition) is 6. The lowest BCUT2D eigenvalue weighted by Gasteiger charge is -2.23. The lowest BCUT2D eigenvalue weighted by molar-refractivity contribution is -0.137. The fraction of sp³-hybridized carbons (Fsp3) is 0.423. The normalized spacial score (nSPS) is 12.7. The molecule has 0 aliphatic rings. The number of benzene rings is 2. The molecule has 0 saturated heterocycles. The number of ether oxygens (including phenoxy) is 2. The monoisotopic (exact) mass is 453 g/mol. The number of esters is 1. The van der Waals surface area contributed by atoms with Gasteiger partial charge in [-0.25, -0.2) is 14.4 Å². The molecule has 2 aromatic carbocycles. The molecule has 0 aliphatic heterocycles. The van der Waals surface area contributed by atoms with Crippen LogP contribution in [0.25, 0.3) is 21.7 Å². The molecule has 0 aliphatic carbocycles. The van der Waals surface area contributed by atoms with E-state index in [9.17, 15) is 14.4 Å². The van der Waals surface area contributed by atoms with Gasteiger partial charge in [-0.2, -0.15) is 0 Å². The highest BCUT2D eigenvalue weighted by atomic mass is 16.6. The molecule has 7 heteroatoms. The molecule has 0 unspecified atom stereocenters. The van der Waals surface area contributed by atoms with Gasteiger partial charge < -0.3 is 19.2 Å². The topological polar surface area (TPSA) is 94.8 Å². The van der Waals surface area contributed by atoms with Crippen LogP contribution in [0, 0.1) is 12.8 Å². The number of aryl methyl sites for hydroxylation is 1. The zero-order chi connectivity index (χ0) is 24.3. The lowest BCUT2D eigenvalue weighted by Crippen LogP contribution is -2.45. The van der Waals surface area contributed by atoms with E-state index in [-0.39, 0.29) is 5.75 Å². The van der Waals surface area contributed by atoms with Crippen LogP contribution in [-0.4, -0.2) is 23.7 Å². The van der Waals surface area contributed by atoms with Crippen molar-refractivity contribution in [2.45, 2.75) is 66.0 Å². The minimum Gasteiger partial charge on any atom is -0.444 e. The fourth-order valence-corrected chi connectivity index (χ4v) is 3.55. The van der Waals surface area contributed by atoms with Crippen molar-refractivity contribution in [2.75, 3.05) is 0 Å². The SMILES string of the molecule is Cc1c(OC(=O)[C@@H](CCC(C)C)NC(=O)OC(C)(C)C)ccc2c1oc(=O)c1ccccc12. The van der Waals surface area contributed by atoms with Crippen molar-refractivity contribution in [3.63, 3.8) is 0 Å². The van der Waals surface area contributed by atoms with Gasteiger partial charge in [0.1, 0.15) is 23.0 Å². The summed E-state index contributed by atoms with van der Waals surface area (Å²) in [5, 5.41) is 4.64. The van der Waals surface area contributed by atoms with Gasteiger partial charge in [-0.1, -0.05) is 32.0 Å². The van der Waals surface area contributed by atoms with Crippen LogP contribution in [0.15, 0.2) is 45.6 Å². The summed E-state index contributed by atoms with van der Waals surface area (Å²) >= 11 is 0. The summed E-state index contributed by atoms with van der Waals surface area (Å²) in [6, 6.07) is 9.77. The van der Waals surface area contributed by atoms with Crippen LogP contribution in [0.1, 0.15) is 53.0 Å². The van der Waals surface area contributed by atoms with Crippen LogP contribution in [0.4, 0.5) is 4.79 Å². The first kappa shape index (κ1) is 24.3. The molecule has 0 saturated carbocycles. The maximum atomic E-state index is 13.0. The first-order chi connectivity index (χ1) is 15.5. The largest absolute Gasteiger partial charge is 0.444 e. The summed E-state index contributed by atoms with van der Waals surface area (Å²) in [6.07, 6.45) is 0.441. The van der Waals surface area contributed by atoms with Gasteiger partial charge in [0, 0.05) is 10.9 Å². The average Bonchev–Trinajstić information content (AvgIpc) is 2.72. The van der Waals surface area contributed by atoms with Gasteiger partial charge in [0.05, 0.1) is 5.39 Å². The summed E-state index contributed by atoms with van der Waals surface area (Å²) in [4.78, 5) is 37.7. The predicted octanol–water partition coefficient (Wildman–Crippen LogP) is 5.49. The minimum absolute atomic E-state index is 0.270. The second kappa shape index (κ2) is 9.65. The molecule has 1 atom stereocenters. The molecule has 0 spiro atoms. The zero-order valence-corrected chi connectivity index (χ0v) is 20.0. The second-order valence-corrected chi connectivity index (χ2v) is 9.59. The molecule has 1 aromatic heterocycles. The summed E-state index contributed by atoms with van der Waals surface area (Å²) in [6.45, 7) is 11.1. The highest BCUT2D eigenvalue weighted by Gasteiger charge is 2.27. The van der Waals surface area contributed by atoms with E-state index >= 15 is 0 Å². The molecule has 0 bridgehead atoms. The van der Waals surface area contributed by atoms with Crippen molar-refractivity contribution in [2.24, 2.45) is 5.92 Å². The van der Waals surface area contributed by atoms with E-state index < -0.39 is 29.3 Å². The molecule has 0 radical (unpaired) electrons. The Bertz CT molecular complexity index is 1240. The van der Waals surface area contributed by atoms with E-state index in [1.165, 1.54) is 0 Å². The van der Waals surface area contributed by atoms with E-state index in [2.05, 4.69) is 5.32 Å². The number of amides is 1. The number of carbonyl (C=O) groups excluding carboxylic acids is 2. The van der Waals surface area contributed by atoms with Crippen LogP contribution in [0.5, 0.6) is 5.75 Å². The molecule has 1 heterocycles. The summed E-state index contributed by atoms with van der Waals surface area (Å²) in [5.74, 6) is 0.00394. The third-order valence-electron chi connectivity index (χ3n) is 5.21. The van der Waals surface area contributed by atoms with Crippen LogP contribution in [0.2, 0.25) is 0 Å². The minimum atomic E-state index is -0.874. The van der Waals surface area contributed by atoms with Crippen molar-refractivity contribution >= 4 is 33.8 Å². The predicted molar refractivity (Wildman–Crippen MR) is 128 cm³/mol. The number of rotatable bonds is 6. The van der Waals surface area contributed by atoms with Crippen LogP contribution in [-0.2, 0) is 9.53 Å². The quantitative estimate of drug-likeness (QED) is 0.230. The van der Waals surface area contributed by atoms with Crippen molar-refractivity contribution in [3.8, 4) is 5.75 Å². The molecule has 3 rings (SSSR count). The van der Waals surface area contributed by atoms with E-state index in [4.69, 9.17) is 13.9 Å². The first-order valence-corrected chi connectivity index (χ1v) is 11.1. The Morgan fingerprint density at radius 3 is 2.30 bits per heavy atom. The molecule has 0 fully saturated rings. The highest BCUT2D eigenvalue weighted by Crippen LogP contribution is 2.31. The Hall–Kier alpha value is -3.35. The third kappa shape index (κ3) is 5.92. The number of fused-ring (bicyclic) bond motifs is 3. The maximum Gasteiger partial charge on any atom is 0.408 e. The maximum absolute atomic E-state index is 13.0. The van der Waals surface area contributed by atoms with Crippen LogP contribution in [0.3, 0.4) is 0 Å². The molecular formula is C26H31NO6. The Labute approximate surface area is 193 Å². The Kier molecular flexibility index (Phi) is 7.10. The molecule has 3 aromatic rings. The lowest BCUT2D eigenvalue weighted by atomic mass is 10.0. The number of carbonyl (C=O) groups is 2. The van der Waals surface area contributed by atoms with Crippen molar-refractivity contribution in [3.05, 3.63) is 52.4 Å². The summed E-state index contributed by atoms with van der Waals surface area (Å²) in [5.41, 5.74) is -0.247. The number of nitrogens with one attached hydrogen (secondary N) is 1. The molecule has 176 valence electrons. The molecular weight excluding hydrogens is 422 g/mol. The Morgan fingerprint density at radius 1 is 1.00 bits per heavy atom. The van der Waals surface area contributed by atoms with Gasteiger partial charge in [0.15, 0.2) is 0 Å². The molecule has 7 nitrogen and oxygen atoms in total. The van der Waals surface area contributed by atoms with Crippen LogP contribution < -0.4 is 15.7 Å². The van der Waals surface area contributed by atoms with Crippen LogP contribution >= 0.6 is 0 Å². The van der Waals surface area contributed by atoms with Gasteiger partial charge in [0.25, 0.3) is 0 Å². The Morgan fingerprint density at radius 2 is 1.67 bits per heavy atom.